The zero-order valence-electron chi connectivity index (χ0n) is 12.5. The van der Waals surface area contributed by atoms with E-state index < -0.39 is 0 Å². The van der Waals surface area contributed by atoms with Gasteiger partial charge in [0.25, 0.3) is 0 Å². The highest BCUT2D eigenvalue weighted by molar-refractivity contribution is 5.36. The number of nitrogens with one attached hydrogen (secondary N) is 1. The third-order valence-electron chi connectivity index (χ3n) is 3.48. The average molecular weight is 264 g/mol. The maximum atomic E-state index is 5.83. The first kappa shape index (κ1) is 16.0. The van der Waals surface area contributed by atoms with Crippen molar-refractivity contribution in [1.82, 2.24) is 5.43 Å². The van der Waals surface area contributed by atoms with Gasteiger partial charge in [-0.15, -0.1) is 0 Å². The van der Waals surface area contributed by atoms with Gasteiger partial charge in [-0.3, -0.25) is 11.3 Å². The van der Waals surface area contributed by atoms with E-state index in [1.807, 2.05) is 18.2 Å². The molecule has 0 spiro atoms. The quantitative estimate of drug-likeness (QED) is 0.527. The van der Waals surface area contributed by atoms with Crippen LogP contribution in [0.15, 0.2) is 24.3 Å². The molecule has 1 aromatic carbocycles. The van der Waals surface area contributed by atoms with Crippen LogP contribution in [0.25, 0.3) is 0 Å². The van der Waals surface area contributed by atoms with Crippen LogP contribution >= 0.6 is 0 Å². The zero-order valence-corrected chi connectivity index (χ0v) is 12.5. The smallest absolute Gasteiger partial charge is 0.124 e. The maximum absolute atomic E-state index is 5.83. The molecule has 2 atom stereocenters. The molecule has 3 nitrogen and oxygen atoms in total. The number of ether oxygens (including phenoxy) is 1. The third kappa shape index (κ3) is 4.84. The number of para-hydroxylation sites is 1. The molecule has 2 unspecified atom stereocenters. The molecule has 0 aliphatic heterocycles. The lowest BCUT2D eigenvalue weighted by molar-refractivity contribution is 0.297. The summed E-state index contributed by atoms with van der Waals surface area (Å²) in [6.07, 6.45) is 4.64. The highest BCUT2D eigenvalue weighted by Gasteiger charge is 2.20. The molecule has 19 heavy (non-hydrogen) atoms. The predicted octanol–water partition coefficient (Wildman–Crippen LogP) is 3.81. The van der Waals surface area contributed by atoms with Gasteiger partial charge in [0.05, 0.1) is 12.6 Å². The van der Waals surface area contributed by atoms with Gasteiger partial charge in [-0.2, -0.15) is 0 Å². The van der Waals surface area contributed by atoms with Crippen molar-refractivity contribution in [3.05, 3.63) is 29.8 Å². The molecule has 0 bridgehead atoms. The van der Waals surface area contributed by atoms with E-state index in [1.54, 1.807) is 0 Å². The summed E-state index contributed by atoms with van der Waals surface area (Å²) in [7, 11) is 0. The van der Waals surface area contributed by atoms with Gasteiger partial charge >= 0.3 is 0 Å². The molecule has 0 amide bonds. The molecule has 1 aromatic rings. The zero-order chi connectivity index (χ0) is 14.1. The summed E-state index contributed by atoms with van der Waals surface area (Å²) in [5.41, 5.74) is 4.13. The molecule has 1 rings (SSSR count). The second-order valence-electron chi connectivity index (χ2n) is 5.15. The van der Waals surface area contributed by atoms with Gasteiger partial charge in [-0.05, 0) is 24.8 Å². The molecular weight excluding hydrogens is 236 g/mol. The summed E-state index contributed by atoms with van der Waals surface area (Å²) in [6.45, 7) is 7.33. The fraction of sp³-hybridized carbons (Fsp3) is 0.625. The molecule has 0 saturated heterocycles. The summed E-state index contributed by atoms with van der Waals surface area (Å²) < 4.78 is 5.83. The Morgan fingerprint density at radius 2 is 1.95 bits per heavy atom. The van der Waals surface area contributed by atoms with E-state index in [1.165, 1.54) is 24.8 Å². The minimum Gasteiger partial charge on any atom is -0.493 e. The van der Waals surface area contributed by atoms with Crippen LogP contribution in [-0.2, 0) is 0 Å². The molecule has 0 saturated carbocycles. The Morgan fingerprint density at radius 1 is 1.21 bits per heavy atom. The van der Waals surface area contributed by atoms with Crippen LogP contribution in [0.1, 0.15) is 58.1 Å². The van der Waals surface area contributed by atoms with Crippen molar-refractivity contribution >= 4 is 0 Å². The van der Waals surface area contributed by atoms with Gasteiger partial charge < -0.3 is 4.74 Å². The van der Waals surface area contributed by atoms with Crippen LogP contribution in [0, 0.1) is 5.92 Å². The molecular formula is C16H28N2O. The van der Waals surface area contributed by atoms with E-state index >= 15 is 0 Å². The Kier molecular flexibility index (Phi) is 7.53. The monoisotopic (exact) mass is 264 g/mol. The van der Waals surface area contributed by atoms with Crippen molar-refractivity contribution in [2.24, 2.45) is 11.8 Å². The van der Waals surface area contributed by atoms with E-state index in [0.717, 1.165) is 18.8 Å². The molecule has 0 aliphatic rings. The number of unbranched alkanes of at least 4 members (excludes halogenated alkanes) is 1. The SMILES string of the molecule is CCCCC(C)C(NN)c1ccccc1OCCC. The van der Waals surface area contributed by atoms with Crippen LogP contribution in [-0.4, -0.2) is 6.61 Å². The van der Waals surface area contributed by atoms with Crippen molar-refractivity contribution < 1.29 is 4.74 Å². The van der Waals surface area contributed by atoms with Crippen LogP contribution in [0.3, 0.4) is 0 Å². The molecule has 0 aromatic heterocycles. The van der Waals surface area contributed by atoms with Gasteiger partial charge in [-0.25, -0.2) is 0 Å². The molecule has 0 fully saturated rings. The van der Waals surface area contributed by atoms with E-state index in [0.29, 0.717) is 5.92 Å². The molecule has 3 heteroatoms. The van der Waals surface area contributed by atoms with Crippen LogP contribution in [0.2, 0.25) is 0 Å². The minimum absolute atomic E-state index is 0.152. The third-order valence-corrected chi connectivity index (χ3v) is 3.48. The number of hydrogen-bond donors (Lipinski definition) is 2. The molecule has 3 N–H and O–H groups in total. The lowest BCUT2D eigenvalue weighted by atomic mass is 9.90. The number of rotatable bonds is 9. The number of hydrogen-bond acceptors (Lipinski definition) is 3. The topological polar surface area (TPSA) is 47.3 Å². The second kappa shape index (κ2) is 8.94. The number of nitrogens with two attached hydrogens (primary N) is 1. The Hall–Kier alpha value is -1.06. The van der Waals surface area contributed by atoms with Crippen molar-refractivity contribution in [1.29, 1.82) is 0 Å². The summed E-state index contributed by atoms with van der Waals surface area (Å²) >= 11 is 0. The normalized spacial score (nSPS) is 14.1. The predicted molar refractivity (Wildman–Crippen MR) is 81.0 cm³/mol. The molecule has 0 radical (unpaired) electrons. The Balaban J connectivity index is 2.84. The molecule has 108 valence electrons. The minimum atomic E-state index is 0.152. The van der Waals surface area contributed by atoms with Gasteiger partial charge in [0.2, 0.25) is 0 Å². The number of benzene rings is 1. The van der Waals surface area contributed by atoms with Crippen LogP contribution in [0.5, 0.6) is 5.75 Å². The van der Waals surface area contributed by atoms with Gasteiger partial charge in [-0.1, -0.05) is 51.8 Å². The first-order chi connectivity index (χ1) is 9.24. The Morgan fingerprint density at radius 3 is 2.58 bits per heavy atom. The lowest BCUT2D eigenvalue weighted by Crippen LogP contribution is -2.33. The number of hydrazine groups is 1. The fourth-order valence-corrected chi connectivity index (χ4v) is 2.33. The van der Waals surface area contributed by atoms with Crippen molar-refractivity contribution in [2.45, 2.75) is 52.5 Å². The van der Waals surface area contributed by atoms with Gasteiger partial charge in [0, 0.05) is 5.56 Å². The molecule has 0 heterocycles. The van der Waals surface area contributed by atoms with Crippen molar-refractivity contribution in [3.8, 4) is 5.75 Å². The van der Waals surface area contributed by atoms with Crippen LogP contribution < -0.4 is 16.0 Å². The average Bonchev–Trinajstić information content (AvgIpc) is 2.44. The summed E-state index contributed by atoms with van der Waals surface area (Å²) in [4.78, 5) is 0. The second-order valence-corrected chi connectivity index (χ2v) is 5.15. The van der Waals surface area contributed by atoms with Crippen LogP contribution in [0.4, 0.5) is 0 Å². The molecule has 0 aliphatic carbocycles. The van der Waals surface area contributed by atoms with E-state index in [2.05, 4.69) is 32.3 Å². The van der Waals surface area contributed by atoms with Crippen molar-refractivity contribution in [2.75, 3.05) is 6.61 Å². The Labute approximate surface area is 117 Å². The van der Waals surface area contributed by atoms with Crippen molar-refractivity contribution in [3.63, 3.8) is 0 Å². The highest BCUT2D eigenvalue weighted by Crippen LogP contribution is 2.31. The summed E-state index contributed by atoms with van der Waals surface area (Å²) in [6, 6.07) is 8.35. The lowest BCUT2D eigenvalue weighted by Gasteiger charge is -2.25. The summed E-state index contributed by atoms with van der Waals surface area (Å²) in [5.74, 6) is 7.22. The summed E-state index contributed by atoms with van der Waals surface area (Å²) in [5, 5.41) is 0. The van der Waals surface area contributed by atoms with E-state index in [9.17, 15) is 0 Å². The highest BCUT2D eigenvalue weighted by atomic mass is 16.5. The fourth-order valence-electron chi connectivity index (χ4n) is 2.33. The van der Waals surface area contributed by atoms with E-state index in [-0.39, 0.29) is 6.04 Å². The van der Waals surface area contributed by atoms with E-state index in [4.69, 9.17) is 10.6 Å². The van der Waals surface area contributed by atoms with Gasteiger partial charge in [0.1, 0.15) is 5.75 Å². The first-order valence-electron chi connectivity index (χ1n) is 7.42. The van der Waals surface area contributed by atoms with Gasteiger partial charge in [0.15, 0.2) is 0 Å². The Bertz CT molecular complexity index is 354. The standard InChI is InChI=1S/C16H28N2O/c1-4-6-9-13(3)16(18-17)14-10-7-8-11-15(14)19-12-5-2/h7-8,10-11,13,16,18H,4-6,9,12,17H2,1-3H3. The maximum Gasteiger partial charge on any atom is 0.124 e. The largest absolute Gasteiger partial charge is 0.493 e. The first-order valence-corrected chi connectivity index (χ1v) is 7.42.